The first-order valence-corrected chi connectivity index (χ1v) is 8.90. The SMILES string of the molecule is O=C(Nc1ccc(S(=O)(=O)O)c2cccc(O)c12)c1cccc([N+](=O)[O-])c1. The van der Waals surface area contributed by atoms with E-state index < -0.39 is 25.8 Å². The fourth-order valence-electron chi connectivity index (χ4n) is 2.64. The summed E-state index contributed by atoms with van der Waals surface area (Å²) in [7, 11) is -4.56. The normalized spacial score (nSPS) is 11.3. The van der Waals surface area contributed by atoms with Crippen LogP contribution in [0.3, 0.4) is 0 Å². The number of rotatable bonds is 4. The zero-order valence-corrected chi connectivity index (χ0v) is 14.3. The van der Waals surface area contributed by atoms with Crippen molar-refractivity contribution in [1.29, 1.82) is 0 Å². The van der Waals surface area contributed by atoms with E-state index in [2.05, 4.69) is 5.32 Å². The van der Waals surface area contributed by atoms with Gasteiger partial charge in [-0.05, 0) is 24.3 Å². The molecule has 0 bridgehead atoms. The minimum Gasteiger partial charge on any atom is -0.507 e. The fourth-order valence-corrected chi connectivity index (χ4v) is 3.33. The van der Waals surface area contributed by atoms with Crippen LogP contribution in [0.2, 0.25) is 0 Å². The number of benzene rings is 3. The van der Waals surface area contributed by atoms with Crippen molar-refractivity contribution in [2.75, 3.05) is 5.32 Å². The van der Waals surface area contributed by atoms with E-state index in [1.807, 2.05) is 0 Å². The summed E-state index contributed by atoms with van der Waals surface area (Å²) in [5.41, 5.74) is -0.185. The van der Waals surface area contributed by atoms with Crippen LogP contribution >= 0.6 is 0 Å². The Balaban J connectivity index is 2.09. The Bertz CT molecular complexity index is 1190. The Morgan fingerprint density at radius 2 is 1.78 bits per heavy atom. The quantitative estimate of drug-likeness (QED) is 0.354. The van der Waals surface area contributed by atoms with Crippen molar-refractivity contribution < 1.29 is 27.8 Å². The number of carbonyl (C=O) groups is 1. The highest BCUT2D eigenvalue weighted by Gasteiger charge is 2.19. The van der Waals surface area contributed by atoms with Crippen molar-refractivity contribution in [3.05, 3.63) is 70.3 Å². The topological polar surface area (TPSA) is 147 Å². The molecule has 0 atom stereocenters. The van der Waals surface area contributed by atoms with Crippen LogP contribution in [-0.2, 0) is 10.1 Å². The van der Waals surface area contributed by atoms with Gasteiger partial charge < -0.3 is 10.4 Å². The Morgan fingerprint density at radius 1 is 1.07 bits per heavy atom. The number of fused-ring (bicyclic) bond motifs is 1. The molecule has 0 saturated heterocycles. The smallest absolute Gasteiger partial charge is 0.295 e. The van der Waals surface area contributed by atoms with Gasteiger partial charge in [0, 0.05) is 28.5 Å². The molecule has 27 heavy (non-hydrogen) atoms. The molecule has 0 fully saturated rings. The lowest BCUT2D eigenvalue weighted by atomic mass is 10.1. The molecular weight excluding hydrogens is 376 g/mol. The summed E-state index contributed by atoms with van der Waals surface area (Å²) in [6.45, 7) is 0. The van der Waals surface area contributed by atoms with E-state index in [0.717, 1.165) is 12.1 Å². The van der Waals surface area contributed by atoms with Crippen LogP contribution in [-0.4, -0.2) is 28.9 Å². The fraction of sp³-hybridized carbons (Fsp3) is 0. The molecule has 0 aromatic heterocycles. The Morgan fingerprint density at radius 3 is 2.44 bits per heavy atom. The van der Waals surface area contributed by atoms with Gasteiger partial charge in [0.1, 0.15) is 10.6 Å². The lowest BCUT2D eigenvalue weighted by Gasteiger charge is -2.12. The average Bonchev–Trinajstić information content (AvgIpc) is 2.61. The van der Waals surface area contributed by atoms with Crippen LogP contribution < -0.4 is 5.32 Å². The van der Waals surface area contributed by atoms with Gasteiger partial charge >= 0.3 is 0 Å². The van der Waals surface area contributed by atoms with Crippen LogP contribution in [0.15, 0.2) is 59.5 Å². The van der Waals surface area contributed by atoms with Gasteiger partial charge in [-0.15, -0.1) is 0 Å². The highest BCUT2D eigenvalue weighted by molar-refractivity contribution is 7.86. The van der Waals surface area contributed by atoms with Gasteiger partial charge in [-0.3, -0.25) is 19.5 Å². The lowest BCUT2D eigenvalue weighted by Crippen LogP contribution is -2.13. The van der Waals surface area contributed by atoms with Gasteiger partial charge in [0.2, 0.25) is 0 Å². The first kappa shape index (κ1) is 18.3. The van der Waals surface area contributed by atoms with E-state index in [-0.39, 0.29) is 33.5 Å². The summed E-state index contributed by atoms with van der Waals surface area (Å²) < 4.78 is 32.4. The average molecular weight is 388 g/mol. The molecule has 138 valence electrons. The number of nitrogens with zero attached hydrogens (tertiary/aromatic N) is 1. The van der Waals surface area contributed by atoms with Crippen molar-refractivity contribution in [2.24, 2.45) is 0 Å². The molecule has 0 aliphatic heterocycles. The monoisotopic (exact) mass is 388 g/mol. The second-order valence-electron chi connectivity index (χ2n) is 5.55. The summed E-state index contributed by atoms with van der Waals surface area (Å²) in [5, 5.41) is 23.5. The molecule has 0 unspecified atom stereocenters. The number of nitro groups is 1. The summed E-state index contributed by atoms with van der Waals surface area (Å²) >= 11 is 0. The maximum Gasteiger partial charge on any atom is 0.295 e. The van der Waals surface area contributed by atoms with Crippen molar-refractivity contribution in [3.8, 4) is 5.75 Å². The molecule has 0 spiro atoms. The third-order valence-electron chi connectivity index (χ3n) is 3.82. The van der Waals surface area contributed by atoms with Crippen molar-refractivity contribution in [2.45, 2.75) is 4.90 Å². The van der Waals surface area contributed by atoms with E-state index in [1.165, 1.54) is 42.5 Å². The molecule has 0 heterocycles. The number of amides is 1. The summed E-state index contributed by atoms with van der Waals surface area (Å²) in [6, 6.07) is 11.4. The van der Waals surface area contributed by atoms with Gasteiger partial charge in [0.25, 0.3) is 21.7 Å². The van der Waals surface area contributed by atoms with E-state index in [9.17, 15) is 33.0 Å². The number of hydrogen-bond acceptors (Lipinski definition) is 6. The number of nitrogens with one attached hydrogen (secondary N) is 1. The number of non-ortho nitro benzene ring substituents is 1. The molecule has 1 amide bonds. The summed E-state index contributed by atoms with van der Waals surface area (Å²) in [6.07, 6.45) is 0. The maximum absolute atomic E-state index is 12.4. The largest absolute Gasteiger partial charge is 0.507 e. The van der Waals surface area contributed by atoms with Gasteiger partial charge in [0.15, 0.2) is 0 Å². The molecule has 10 heteroatoms. The van der Waals surface area contributed by atoms with E-state index in [4.69, 9.17) is 0 Å². The minimum absolute atomic E-state index is 0.00593. The minimum atomic E-state index is -4.56. The molecule has 3 N–H and O–H groups in total. The van der Waals surface area contributed by atoms with Gasteiger partial charge in [0.05, 0.1) is 10.6 Å². The molecule has 3 aromatic carbocycles. The lowest BCUT2D eigenvalue weighted by molar-refractivity contribution is -0.384. The zero-order chi connectivity index (χ0) is 19.8. The molecule has 3 aromatic rings. The first-order chi connectivity index (χ1) is 12.7. The van der Waals surface area contributed by atoms with E-state index in [0.29, 0.717) is 0 Å². The van der Waals surface area contributed by atoms with Gasteiger partial charge in [-0.1, -0.05) is 18.2 Å². The van der Waals surface area contributed by atoms with Crippen LogP contribution in [0.25, 0.3) is 10.8 Å². The number of anilines is 1. The molecular formula is C17H12N2O7S. The predicted molar refractivity (Wildman–Crippen MR) is 96.5 cm³/mol. The Kier molecular flexibility index (Phi) is 4.52. The van der Waals surface area contributed by atoms with Gasteiger partial charge in [-0.2, -0.15) is 8.42 Å². The molecule has 0 aliphatic carbocycles. The highest BCUT2D eigenvalue weighted by Crippen LogP contribution is 2.35. The van der Waals surface area contributed by atoms with E-state index >= 15 is 0 Å². The number of carbonyl (C=O) groups excluding carboxylic acids is 1. The Labute approximate surface area is 152 Å². The van der Waals surface area contributed by atoms with Crippen LogP contribution in [0.4, 0.5) is 11.4 Å². The first-order valence-electron chi connectivity index (χ1n) is 7.46. The predicted octanol–water partition coefficient (Wildman–Crippen LogP) is 2.95. The molecule has 0 saturated carbocycles. The third kappa shape index (κ3) is 3.57. The van der Waals surface area contributed by atoms with Crippen molar-refractivity contribution in [3.63, 3.8) is 0 Å². The highest BCUT2D eigenvalue weighted by atomic mass is 32.2. The third-order valence-corrected chi connectivity index (χ3v) is 4.74. The second-order valence-corrected chi connectivity index (χ2v) is 6.94. The number of aromatic hydroxyl groups is 1. The molecule has 0 radical (unpaired) electrons. The van der Waals surface area contributed by atoms with Crippen LogP contribution in [0.5, 0.6) is 5.75 Å². The van der Waals surface area contributed by atoms with Crippen molar-refractivity contribution >= 4 is 38.2 Å². The number of hydrogen-bond donors (Lipinski definition) is 3. The molecule has 3 rings (SSSR count). The second kappa shape index (κ2) is 6.67. The van der Waals surface area contributed by atoms with Crippen molar-refractivity contribution in [1.82, 2.24) is 0 Å². The number of nitro benzene ring substituents is 1. The number of phenols is 1. The summed E-state index contributed by atoms with van der Waals surface area (Å²) in [4.78, 5) is 22.2. The maximum atomic E-state index is 12.4. The van der Waals surface area contributed by atoms with E-state index in [1.54, 1.807) is 0 Å². The van der Waals surface area contributed by atoms with Crippen LogP contribution in [0.1, 0.15) is 10.4 Å². The van der Waals surface area contributed by atoms with Gasteiger partial charge in [-0.25, -0.2) is 0 Å². The standard InChI is InChI=1S/C17H12N2O7S/c20-14-6-2-5-12-15(27(24,25)26)8-7-13(16(12)14)18-17(21)10-3-1-4-11(9-10)19(22)23/h1-9,20H,(H,18,21)(H,24,25,26). The molecule has 9 nitrogen and oxygen atoms in total. The Hall–Kier alpha value is -3.50. The molecule has 0 aliphatic rings. The van der Waals surface area contributed by atoms with Crippen LogP contribution in [0, 0.1) is 10.1 Å². The number of phenolic OH excluding ortho intramolecular Hbond substituents is 1. The zero-order valence-electron chi connectivity index (χ0n) is 13.5. The summed E-state index contributed by atoms with van der Waals surface area (Å²) in [5.74, 6) is -1.00.